The molecule has 0 amide bonds. The van der Waals surface area contributed by atoms with Crippen LogP contribution in [0.15, 0.2) is 21.0 Å². The summed E-state index contributed by atoms with van der Waals surface area (Å²) in [5.41, 5.74) is 3.31. The Balaban J connectivity index is 2.93. The molecule has 1 nitrogen and oxygen atoms in total. The molecule has 1 N–H and O–H groups in total. The highest BCUT2D eigenvalue weighted by molar-refractivity contribution is 8.08. The molecule has 0 fully saturated rings. The normalized spacial score (nSPS) is 20.7. The van der Waals surface area contributed by atoms with Crippen LogP contribution < -0.4 is 0 Å². The molecular weight excluding hydrogens is 190 g/mol. The Labute approximate surface area is 91.2 Å². The first-order valence-corrected chi connectivity index (χ1v) is 6.10. The van der Waals surface area contributed by atoms with E-state index in [1.54, 1.807) is 0 Å². The van der Waals surface area contributed by atoms with Crippen LogP contribution in [0.3, 0.4) is 0 Å². The van der Waals surface area contributed by atoms with Crippen LogP contribution in [0.5, 0.6) is 0 Å². The molecule has 1 aliphatic rings. The fraction of sp³-hybridized carbons (Fsp3) is 0.583. The quantitative estimate of drug-likeness (QED) is 0.726. The van der Waals surface area contributed by atoms with E-state index in [1.807, 2.05) is 11.8 Å². The first kappa shape index (κ1) is 11.6. The second-order valence-corrected chi connectivity index (χ2v) is 4.84. The molecule has 0 atom stereocenters. The third-order valence-electron chi connectivity index (χ3n) is 2.64. The zero-order valence-electron chi connectivity index (χ0n) is 9.53. The molecule has 14 heavy (non-hydrogen) atoms. The van der Waals surface area contributed by atoms with Crippen LogP contribution in [0.25, 0.3) is 0 Å². The predicted molar refractivity (Wildman–Crippen MR) is 65.9 cm³/mol. The summed E-state index contributed by atoms with van der Waals surface area (Å²) in [6.07, 6.45) is 3.35. The molecule has 0 aromatic carbocycles. The highest BCUT2D eigenvalue weighted by Crippen LogP contribution is 2.42. The van der Waals surface area contributed by atoms with Gasteiger partial charge in [0.05, 0.1) is 5.71 Å². The monoisotopic (exact) mass is 209 g/mol. The van der Waals surface area contributed by atoms with E-state index >= 15 is 0 Å². The van der Waals surface area contributed by atoms with Gasteiger partial charge in [0.1, 0.15) is 0 Å². The minimum atomic E-state index is 0.762. The van der Waals surface area contributed by atoms with Crippen LogP contribution in [0.4, 0.5) is 0 Å². The summed E-state index contributed by atoms with van der Waals surface area (Å²) in [4.78, 5) is 2.61. The highest BCUT2D eigenvalue weighted by Gasteiger charge is 2.22. The molecule has 1 aliphatic heterocycles. The lowest BCUT2D eigenvalue weighted by Crippen LogP contribution is -1.96. The van der Waals surface area contributed by atoms with Crippen LogP contribution in [-0.2, 0) is 0 Å². The van der Waals surface area contributed by atoms with Gasteiger partial charge < -0.3 is 0 Å². The minimum absolute atomic E-state index is 0.762. The van der Waals surface area contributed by atoms with E-state index in [4.69, 9.17) is 5.41 Å². The van der Waals surface area contributed by atoms with Gasteiger partial charge in [0.2, 0.25) is 0 Å². The van der Waals surface area contributed by atoms with E-state index in [1.165, 1.54) is 27.4 Å². The van der Waals surface area contributed by atoms with Crippen molar-refractivity contribution in [1.82, 2.24) is 0 Å². The molecule has 78 valence electrons. The molecule has 0 bridgehead atoms. The van der Waals surface area contributed by atoms with Crippen molar-refractivity contribution < 1.29 is 0 Å². The molecule has 2 heteroatoms. The van der Waals surface area contributed by atoms with Gasteiger partial charge in [0.15, 0.2) is 0 Å². The summed E-state index contributed by atoms with van der Waals surface area (Å²) in [5, 5.41) is 8.02. The van der Waals surface area contributed by atoms with Gasteiger partial charge in [-0.15, -0.1) is 0 Å². The molecule has 0 aromatic rings. The van der Waals surface area contributed by atoms with Crippen molar-refractivity contribution in [1.29, 1.82) is 5.41 Å². The van der Waals surface area contributed by atoms with Crippen molar-refractivity contribution in [3.8, 4) is 0 Å². The molecule has 1 rings (SSSR count). The van der Waals surface area contributed by atoms with E-state index in [0.717, 1.165) is 18.6 Å². The number of rotatable bonds is 3. The second-order valence-electron chi connectivity index (χ2n) is 3.74. The zero-order chi connectivity index (χ0) is 10.7. The van der Waals surface area contributed by atoms with Gasteiger partial charge in [0, 0.05) is 4.91 Å². The second kappa shape index (κ2) is 4.83. The fourth-order valence-corrected chi connectivity index (χ4v) is 2.87. The van der Waals surface area contributed by atoms with Crippen molar-refractivity contribution in [3.63, 3.8) is 0 Å². The Morgan fingerprint density at radius 2 is 2.00 bits per heavy atom. The number of allylic oxidation sites excluding steroid dienone is 4. The van der Waals surface area contributed by atoms with Crippen molar-refractivity contribution >= 4 is 17.5 Å². The van der Waals surface area contributed by atoms with Crippen LogP contribution in [0.1, 0.15) is 47.0 Å². The smallest absolute Gasteiger partial charge is 0.0715 e. The Morgan fingerprint density at radius 1 is 1.36 bits per heavy atom. The molecule has 1 heterocycles. The average Bonchev–Trinajstić information content (AvgIpc) is 2.46. The summed E-state index contributed by atoms with van der Waals surface area (Å²) in [6, 6.07) is 0. The number of thioether (sulfide) groups is 1. The van der Waals surface area contributed by atoms with E-state index in [-0.39, 0.29) is 0 Å². The molecule has 0 saturated heterocycles. The maximum absolute atomic E-state index is 8.02. The Bertz CT molecular complexity index is 310. The van der Waals surface area contributed by atoms with Gasteiger partial charge >= 0.3 is 0 Å². The van der Waals surface area contributed by atoms with Crippen LogP contribution >= 0.6 is 11.8 Å². The van der Waals surface area contributed by atoms with Gasteiger partial charge in [-0.1, -0.05) is 37.6 Å². The van der Waals surface area contributed by atoms with Gasteiger partial charge in [-0.2, -0.15) is 0 Å². The molecule has 0 saturated carbocycles. The van der Waals surface area contributed by atoms with Crippen molar-refractivity contribution in [2.75, 3.05) is 0 Å². The third-order valence-corrected chi connectivity index (χ3v) is 4.15. The molecule has 0 aliphatic carbocycles. The lowest BCUT2D eigenvalue weighted by atomic mass is 10.1. The molecular formula is C12H19NS. The summed E-state index contributed by atoms with van der Waals surface area (Å²) >= 11 is 1.82. The van der Waals surface area contributed by atoms with E-state index in [9.17, 15) is 0 Å². The van der Waals surface area contributed by atoms with Crippen LogP contribution in [0.2, 0.25) is 0 Å². The highest BCUT2D eigenvalue weighted by atomic mass is 32.2. The molecule has 0 spiro atoms. The largest absolute Gasteiger partial charge is 0.299 e. The standard InChI is InChI=1S/C12H19NS/c1-5-7-10-9(4)11(13)12(14-10)8(3)6-2/h13H,5-7H2,1-4H3/b12-8+,13-11?. The molecule has 0 radical (unpaired) electrons. The van der Waals surface area contributed by atoms with Gasteiger partial charge in [-0.05, 0) is 37.2 Å². The third kappa shape index (κ3) is 2.11. The van der Waals surface area contributed by atoms with E-state index < -0.39 is 0 Å². The van der Waals surface area contributed by atoms with Crippen molar-refractivity contribution in [3.05, 3.63) is 21.0 Å². The van der Waals surface area contributed by atoms with E-state index in [2.05, 4.69) is 27.7 Å². The summed E-state index contributed by atoms with van der Waals surface area (Å²) < 4.78 is 0. The van der Waals surface area contributed by atoms with Gasteiger partial charge in [0.25, 0.3) is 0 Å². The lowest BCUT2D eigenvalue weighted by molar-refractivity contribution is 0.943. The first-order chi connectivity index (χ1) is 6.61. The molecule has 0 unspecified atom stereocenters. The van der Waals surface area contributed by atoms with Crippen molar-refractivity contribution in [2.45, 2.75) is 47.0 Å². The number of nitrogens with one attached hydrogen (secondary N) is 1. The maximum Gasteiger partial charge on any atom is 0.0715 e. The zero-order valence-corrected chi connectivity index (χ0v) is 10.3. The van der Waals surface area contributed by atoms with Gasteiger partial charge in [-0.25, -0.2) is 0 Å². The SMILES string of the molecule is CCCC1=C(C)C(=N)/C(=C(/C)CC)S1. The number of hydrogen-bond acceptors (Lipinski definition) is 2. The predicted octanol–water partition coefficient (Wildman–Crippen LogP) is 4.51. The molecule has 0 aromatic heterocycles. The summed E-state index contributed by atoms with van der Waals surface area (Å²) in [7, 11) is 0. The van der Waals surface area contributed by atoms with Crippen molar-refractivity contribution in [2.24, 2.45) is 0 Å². The Kier molecular flexibility index (Phi) is 3.99. The average molecular weight is 209 g/mol. The minimum Gasteiger partial charge on any atom is -0.299 e. The van der Waals surface area contributed by atoms with Crippen LogP contribution in [0, 0.1) is 5.41 Å². The summed E-state index contributed by atoms with van der Waals surface area (Å²) in [6.45, 7) is 8.57. The maximum atomic E-state index is 8.02. The summed E-state index contributed by atoms with van der Waals surface area (Å²) in [5.74, 6) is 0. The van der Waals surface area contributed by atoms with E-state index in [0.29, 0.717) is 0 Å². The fourth-order valence-electron chi connectivity index (χ4n) is 1.49. The van der Waals surface area contributed by atoms with Gasteiger partial charge in [-0.3, -0.25) is 5.41 Å². The lowest BCUT2D eigenvalue weighted by Gasteiger charge is -2.03. The first-order valence-electron chi connectivity index (χ1n) is 5.28. The Hall–Kier alpha value is -0.500. The topological polar surface area (TPSA) is 23.9 Å². The Morgan fingerprint density at radius 3 is 2.50 bits per heavy atom. The number of hydrogen-bond donors (Lipinski definition) is 1. The van der Waals surface area contributed by atoms with Crippen LogP contribution in [-0.4, -0.2) is 5.71 Å².